The van der Waals surface area contributed by atoms with Crippen LogP contribution >= 0.6 is 23.2 Å². The Labute approximate surface area is 113 Å². The van der Waals surface area contributed by atoms with E-state index in [-0.39, 0.29) is 11.8 Å². The number of aromatic nitrogens is 2. The first kappa shape index (κ1) is 12.2. The molecule has 3 heterocycles. The Morgan fingerprint density at radius 1 is 1.33 bits per heavy atom. The summed E-state index contributed by atoms with van der Waals surface area (Å²) in [6.45, 7) is 0.0654. The number of rotatable bonds is 1. The van der Waals surface area contributed by atoms with E-state index < -0.39 is 18.3 Å². The van der Waals surface area contributed by atoms with Crippen molar-refractivity contribution < 1.29 is 14.9 Å². The van der Waals surface area contributed by atoms with Crippen molar-refractivity contribution in [2.24, 2.45) is 0 Å². The summed E-state index contributed by atoms with van der Waals surface area (Å²) in [6, 6.07) is 3.42. The molecule has 1 aliphatic heterocycles. The summed E-state index contributed by atoms with van der Waals surface area (Å²) >= 11 is 12.0. The summed E-state index contributed by atoms with van der Waals surface area (Å²) in [5.41, 5.74) is 1.11. The zero-order valence-electron chi connectivity index (χ0n) is 9.12. The molecule has 1 aliphatic rings. The number of fused-ring (bicyclic) bond motifs is 1. The van der Waals surface area contributed by atoms with E-state index in [9.17, 15) is 10.2 Å². The Morgan fingerprint density at radius 3 is 2.78 bits per heavy atom. The van der Waals surface area contributed by atoms with Crippen LogP contribution in [0.25, 0.3) is 5.65 Å². The van der Waals surface area contributed by atoms with Gasteiger partial charge in [-0.05, 0) is 12.1 Å². The van der Waals surface area contributed by atoms with Gasteiger partial charge >= 0.3 is 0 Å². The van der Waals surface area contributed by atoms with E-state index in [0.717, 1.165) is 0 Å². The van der Waals surface area contributed by atoms with Gasteiger partial charge in [0.1, 0.15) is 24.0 Å². The van der Waals surface area contributed by atoms with Gasteiger partial charge in [0.15, 0.2) is 5.15 Å². The van der Waals surface area contributed by atoms with Crippen molar-refractivity contribution in [1.29, 1.82) is 0 Å². The highest BCUT2D eigenvalue weighted by Crippen LogP contribution is 2.34. The monoisotopic (exact) mass is 288 g/mol. The van der Waals surface area contributed by atoms with Crippen LogP contribution in [0, 0.1) is 0 Å². The zero-order valence-corrected chi connectivity index (χ0v) is 10.6. The predicted octanol–water partition coefficient (Wildman–Crippen LogP) is 1.43. The molecule has 2 aromatic heterocycles. The molecular formula is C11H10Cl2N2O3. The van der Waals surface area contributed by atoms with Crippen molar-refractivity contribution in [3.8, 4) is 0 Å². The van der Waals surface area contributed by atoms with Gasteiger partial charge in [-0.25, -0.2) is 4.98 Å². The third kappa shape index (κ3) is 1.79. The minimum atomic E-state index is -1.03. The van der Waals surface area contributed by atoms with Crippen LogP contribution in [0.2, 0.25) is 10.2 Å². The molecule has 7 heteroatoms. The normalized spacial score (nSPS) is 28.1. The minimum Gasteiger partial charge on any atom is -0.388 e. The van der Waals surface area contributed by atoms with E-state index >= 15 is 0 Å². The smallest absolute Gasteiger partial charge is 0.154 e. The Hall–Kier alpha value is -0.850. The van der Waals surface area contributed by atoms with Gasteiger partial charge in [0.2, 0.25) is 0 Å². The molecule has 0 radical (unpaired) electrons. The maximum atomic E-state index is 9.87. The minimum absolute atomic E-state index is 0.0654. The van der Waals surface area contributed by atoms with E-state index in [1.165, 1.54) is 0 Å². The number of hydrogen-bond donors (Lipinski definition) is 2. The lowest BCUT2D eigenvalue weighted by atomic mass is 10.1. The second-order valence-electron chi connectivity index (χ2n) is 4.18. The molecule has 0 aliphatic carbocycles. The number of nitrogens with zero attached hydrogens (tertiary/aromatic N) is 2. The van der Waals surface area contributed by atoms with Crippen molar-refractivity contribution in [3.63, 3.8) is 0 Å². The lowest BCUT2D eigenvalue weighted by Crippen LogP contribution is -2.25. The molecule has 5 nitrogen and oxygen atoms in total. The molecule has 0 unspecified atom stereocenters. The first-order valence-electron chi connectivity index (χ1n) is 5.38. The molecule has 3 rings (SSSR count). The van der Waals surface area contributed by atoms with Crippen LogP contribution in [0.15, 0.2) is 18.3 Å². The topological polar surface area (TPSA) is 67.0 Å². The van der Waals surface area contributed by atoms with Crippen molar-refractivity contribution in [2.75, 3.05) is 6.61 Å². The molecule has 0 amide bonds. The highest BCUT2D eigenvalue weighted by molar-refractivity contribution is 6.31. The first-order chi connectivity index (χ1) is 8.58. The van der Waals surface area contributed by atoms with E-state index in [0.29, 0.717) is 16.4 Å². The first-order valence-corrected chi connectivity index (χ1v) is 6.14. The fourth-order valence-electron chi connectivity index (χ4n) is 2.10. The van der Waals surface area contributed by atoms with Gasteiger partial charge in [-0.15, -0.1) is 0 Å². The van der Waals surface area contributed by atoms with Crippen LogP contribution in [-0.4, -0.2) is 38.4 Å². The summed E-state index contributed by atoms with van der Waals surface area (Å²) in [5, 5.41) is 20.1. The fraction of sp³-hybridized carbons (Fsp3) is 0.364. The number of hydrogen-bond acceptors (Lipinski definition) is 4. The maximum absolute atomic E-state index is 9.87. The van der Waals surface area contributed by atoms with E-state index in [4.69, 9.17) is 27.9 Å². The van der Waals surface area contributed by atoms with Gasteiger partial charge in [-0.2, -0.15) is 0 Å². The van der Waals surface area contributed by atoms with Gasteiger partial charge in [0.05, 0.1) is 17.3 Å². The Balaban J connectivity index is 2.16. The van der Waals surface area contributed by atoms with Crippen LogP contribution < -0.4 is 0 Å². The van der Waals surface area contributed by atoms with Crippen LogP contribution in [0.4, 0.5) is 0 Å². The summed E-state index contributed by atoms with van der Waals surface area (Å²) in [4.78, 5) is 4.16. The van der Waals surface area contributed by atoms with Gasteiger partial charge in [0, 0.05) is 6.20 Å². The molecule has 2 N–H and O–H groups in total. The zero-order chi connectivity index (χ0) is 12.9. The van der Waals surface area contributed by atoms with Crippen LogP contribution in [-0.2, 0) is 4.74 Å². The molecule has 0 aromatic carbocycles. The summed E-state index contributed by atoms with van der Waals surface area (Å²) in [6.07, 6.45) is -1.01. The molecule has 1 fully saturated rings. The predicted molar refractivity (Wildman–Crippen MR) is 65.9 cm³/mol. The number of halogens is 2. The van der Waals surface area contributed by atoms with Crippen molar-refractivity contribution in [3.05, 3.63) is 34.2 Å². The maximum Gasteiger partial charge on any atom is 0.154 e. The average molecular weight is 289 g/mol. The molecule has 2 aromatic rings. The van der Waals surface area contributed by atoms with Gasteiger partial charge in [-0.3, -0.25) is 4.40 Å². The summed E-state index contributed by atoms with van der Waals surface area (Å²) < 4.78 is 7.03. The number of ether oxygens (including phenoxy) is 1. The molecule has 0 saturated carbocycles. The van der Waals surface area contributed by atoms with Crippen LogP contribution in [0.5, 0.6) is 0 Å². The Morgan fingerprint density at radius 2 is 2.11 bits per heavy atom. The SMILES string of the molecule is O[C@H]1[C@@H](O)CO[C@H]1c1c(Cl)nc2ccc(Cl)cn12. The second kappa shape index (κ2) is 4.36. The Bertz CT molecular complexity index is 601. The van der Waals surface area contributed by atoms with Crippen molar-refractivity contribution in [1.82, 2.24) is 9.38 Å². The highest BCUT2D eigenvalue weighted by Gasteiger charge is 2.38. The molecule has 96 valence electrons. The molecular weight excluding hydrogens is 279 g/mol. The molecule has 1 saturated heterocycles. The van der Waals surface area contributed by atoms with Crippen molar-refractivity contribution in [2.45, 2.75) is 18.3 Å². The molecule has 18 heavy (non-hydrogen) atoms. The van der Waals surface area contributed by atoms with Gasteiger partial charge in [-0.1, -0.05) is 23.2 Å². The van der Waals surface area contributed by atoms with Crippen LogP contribution in [0.3, 0.4) is 0 Å². The number of aliphatic hydroxyl groups is 2. The molecule has 3 atom stereocenters. The largest absolute Gasteiger partial charge is 0.388 e. The lowest BCUT2D eigenvalue weighted by molar-refractivity contribution is 0.0202. The number of aliphatic hydroxyl groups excluding tert-OH is 2. The van der Waals surface area contributed by atoms with E-state index in [2.05, 4.69) is 4.98 Å². The average Bonchev–Trinajstić information content (AvgIpc) is 2.81. The lowest BCUT2D eigenvalue weighted by Gasteiger charge is -2.15. The number of imidazole rings is 1. The van der Waals surface area contributed by atoms with Gasteiger partial charge < -0.3 is 14.9 Å². The second-order valence-corrected chi connectivity index (χ2v) is 4.97. The summed E-state index contributed by atoms with van der Waals surface area (Å²) in [7, 11) is 0. The Kier molecular flexibility index (Phi) is 2.96. The number of pyridine rings is 1. The van der Waals surface area contributed by atoms with E-state index in [1.54, 1.807) is 22.7 Å². The van der Waals surface area contributed by atoms with Gasteiger partial charge in [0.25, 0.3) is 0 Å². The van der Waals surface area contributed by atoms with Crippen molar-refractivity contribution >= 4 is 28.8 Å². The standard InChI is InChI=1S/C11H10Cl2N2O3/c12-5-1-2-7-14-11(13)8(15(7)3-5)10-9(17)6(16)4-18-10/h1-3,6,9-10,16-17H,4H2/t6-,9-,10-/m0/s1. The third-order valence-corrected chi connectivity index (χ3v) is 3.50. The molecule has 0 bridgehead atoms. The van der Waals surface area contributed by atoms with Crippen LogP contribution in [0.1, 0.15) is 11.8 Å². The summed E-state index contributed by atoms with van der Waals surface area (Å²) in [5.74, 6) is 0. The highest BCUT2D eigenvalue weighted by atomic mass is 35.5. The fourth-order valence-corrected chi connectivity index (χ4v) is 2.55. The molecule has 0 spiro atoms. The van der Waals surface area contributed by atoms with E-state index in [1.807, 2.05) is 0 Å². The third-order valence-electron chi connectivity index (χ3n) is 2.99. The quantitative estimate of drug-likeness (QED) is 0.833.